The Balaban J connectivity index is 1.70. The molecule has 0 radical (unpaired) electrons. The van der Waals surface area contributed by atoms with Gasteiger partial charge in [-0.2, -0.15) is 18.4 Å². The second-order valence-corrected chi connectivity index (χ2v) is 7.15. The quantitative estimate of drug-likeness (QED) is 0.816. The maximum Gasteiger partial charge on any atom is 0.299 e. The summed E-state index contributed by atoms with van der Waals surface area (Å²) in [5.74, 6) is 0. The highest BCUT2D eigenvalue weighted by molar-refractivity contribution is 7.90. The van der Waals surface area contributed by atoms with Crippen molar-refractivity contribution in [2.45, 2.75) is 12.5 Å². The van der Waals surface area contributed by atoms with Gasteiger partial charge in [-0.15, -0.1) is 0 Å². The standard InChI is InChI=1S/C17H18N4O2S/c18-13-21-10-9-17(12-21)20-24(22,23)19-16-8-4-7-15(11-16)14-5-2-1-3-6-14/h1-8,11,17,19-20H,9-10,12H2. The lowest BCUT2D eigenvalue weighted by Crippen LogP contribution is -2.39. The zero-order chi connectivity index (χ0) is 17.0. The molecule has 1 heterocycles. The van der Waals surface area contributed by atoms with Gasteiger partial charge in [0.25, 0.3) is 10.2 Å². The predicted molar refractivity (Wildman–Crippen MR) is 93.1 cm³/mol. The molecule has 7 heteroatoms. The second-order valence-electron chi connectivity index (χ2n) is 5.70. The fourth-order valence-electron chi connectivity index (χ4n) is 2.74. The van der Waals surface area contributed by atoms with Gasteiger partial charge >= 0.3 is 0 Å². The molecule has 1 atom stereocenters. The lowest BCUT2D eigenvalue weighted by atomic mass is 10.1. The van der Waals surface area contributed by atoms with Gasteiger partial charge in [-0.3, -0.25) is 4.72 Å². The molecule has 6 nitrogen and oxygen atoms in total. The molecule has 2 aromatic carbocycles. The average molecular weight is 342 g/mol. The van der Waals surface area contributed by atoms with Gasteiger partial charge < -0.3 is 4.90 Å². The molecule has 0 saturated carbocycles. The van der Waals surface area contributed by atoms with E-state index in [2.05, 4.69) is 9.44 Å². The first kappa shape index (κ1) is 16.3. The molecule has 1 fully saturated rings. The van der Waals surface area contributed by atoms with Crippen LogP contribution in [-0.2, 0) is 10.2 Å². The summed E-state index contributed by atoms with van der Waals surface area (Å²) in [5, 5.41) is 8.84. The molecule has 1 saturated heterocycles. The number of nitriles is 1. The zero-order valence-electron chi connectivity index (χ0n) is 13.0. The topological polar surface area (TPSA) is 85.2 Å². The lowest BCUT2D eigenvalue weighted by Gasteiger charge is -2.14. The number of anilines is 1. The number of nitrogens with one attached hydrogen (secondary N) is 2. The minimum Gasteiger partial charge on any atom is -0.309 e. The number of benzene rings is 2. The van der Waals surface area contributed by atoms with Crippen LogP contribution in [0.4, 0.5) is 5.69 Å². The van der Waals surface area contributed by atoms with Crippen molar-refractivity contribution in [3.63, 3.8) is 0 Å². The molecule has 0 bridgehead atoms. The highest BCUT2D eigenvalue weighted by Crippen LogP contribution is 2.22. The van der Waals surface area contributed by atoms with Crippen LogP contribution in [0.5, 0.6) is 0 Å². The molecule has 1 aliphatic rings. The van der Waals surface area contributed by atoms with Crippen LogP contribution in [0.3, 0.4) is 0 Å². The van der Waals surface area contributed by atoms with Crippen molar-refractivity contribution in [1.82, 2.24) is 9.62 Å². The SMILES string of the molecule is N#CN1CCC(NS(=O)(=O)Nc2cccc(-c3ccccc3)c2)C1. The third-order valence-corrected chi connectivity index (χ3v) is 5.02. The van der Waals surface area contributed by atoms with E-state index in [-0.39, 0.29) is 6.04 Å². The van der Waals surface area contributed by atoms with Crippen LogP contribution in [0, 0.1) is 11.5 Å². The maximum atomic E-state index is 12.3. The first-order chi connectivity index (χ1) is 11.6. The van der Waals surface area contributed by atoms with Crippen molar-refractivity contribution in [2.75, 3.05) is 17.8 Å². The molecule has 1 unspecified atom stereocenters. The molecule has 124 valence electrons. The van der Waals surface area contributed by atoms with Crippen LogP contribution >= 0.6 is 0 Å². The summed E-state index contributed by atoms with van der Waals surface area (Å²) in [7, 11) is -3.68. The number of hydrogen-bond donors (Lipinski definition) is 2. The fraction of sp³-hybridized carbons (Fsp3) is 0.235. The monoisotopic (exact) mass is 342 g/mol. The predicted octanol–water partition coefficient (Wildman–Crippen LogP) is 2.16. The summed E-state index contributed by atoms with van der Waals surface area (Å²) < 4.78 is 29.7. The minimum absolute atomic E-state index is 0.251. The van der Waals surface area contributed by atoms with Gasteiger partial charge in [0.15, 0.2) is 6.19 Å². The van der Waals surface area contributed by atoms with Crippen molar-refractivity contribution in [2.24, 2.45) is 0 Å². The van der Waals surface area contributed by atoms with Crippen molar-refractivity contribution >= 4 is 15.9 Å². The Morgan fingerprint density at radius 3 is 2.54 bits per heavy atom. The van der Waals surface area contributed by atoms with E-state index in [4.69, 9.17) is 5.26 Å². The highest BCUT2D eigenvalue weighted by atomic mass is 32.2. The van der Waals surface area contributed by atoms with Crippen LogP contribution < -0.4 is 9.44 Å². The molecule has 0 spiro atoms. The summed E-state index contributed by atoms with van der Waals surface area (Å²) in [6.07, 6.45) is 2.66. The Morgan fingerprint density at radius 1 is 1.08 bits per heavy atom. The summed E-state index contributed by atoms with van der Waals surface area (Å²) in [6.45, 7) is 0.981. The summed E-state index contributed by atoms with van der Waals surface area (Å²) in [5.41, 5.74) is 2.46. The van der Waals surface area contributed by atoms with E-state index in [1.807, 2.05) is 48.7 Å². The molecule has 0 amide bonds. The smallest absolute Gasteiger partial charge is 0.299 e. The third kappa shape index (κ3) is 4.04. The van der Waals surface area contributed by atoms with E-state index in [0.717, 1.165) is 11.1 Å². The van der Waals surface area contributed by atoms with Crippen molar-refractivity contribution in [3.05, 3.63) is 54.6 Å². The van der Waals surface area contributed by atoms with Crippen LogP contribution in [0.1, 0.15) is 6.42 Å². The van der Waals surface area contributed by atoms with Gasteiger partial charge in [0.2, 0.25) is 0 Å². The summed E-state index contributed by atoms with van der Waals surface area (Å²) >= 11 is 0. The lowest BCUT2D eigenvalue weighted by molar-refractivity contribution is 0.471. The zero-order valence-corrected chi connectivity index (χ0v) is 13.8. The Hall–Kier alpha value is -2.56. The molecule has 0 aliphatic carbocycles. The van der Waals surface area contributed by atoms with Crippen molar-refractivity contribution in [3.8, 4) is 17.3 Å². The summed E-state index contributed by atoms with van der Waals surface area (Å²) in [4.78, 5) is 1.54. The Kier molecular flexibility index (Phi) is 4.69. The largest absolute Gasteiger partial charge is 0.309 e. The molecule has 2 aromatic rings. The third-order valence-electron chi connectivity index (χ3n) is 3.87. The molecule has 3 rings (SSSR count). The Morgan fingerprint density at radius 2 is 1.83 bits per heavy atom. The van der Waals surface area contributed by atoms with Gasteiger partial charge in [-0.25, -0.2) is 0 Å². The Bertz CT molecular complexity index is 846. The average Bonchev–Trinajstić information content (AvgIpc) is 3.02. The first-order valence-corrected chi connectivity index (χ1v) is 9.14. The highest BCUT2D eigenvalue weighted by Gasteiger charge is 2.25. The van der Waals surface area contributed by atoms with Crippen LogP contribution in [-0.4, -0.2) is 32.4 Å². The van der Waals surface area contributed by atoms with E-state index in [1.54, 1.807) is 17.0 Å². The molecule has 24 heavy (non-hydrogen) atoms. The van der Waals surface area contributed by atoms with E-state index in [9.17, 15) is 8.42 Å². The number of hydrogen-bond acceptors (Lipinski definition) is 4. The summed E-state index contributed by atoms with van der Waals surface area (Å²) in [6, 6.07) is 16.8. The maximum absolute atomic E-state index is 12.3. The van der Waals surface area contributed by atoms with Gasteiger partial charge in [-0.1, -0.05) is 42.5 Å². The number of rotatable bonds is 5. The molecular weight excluding hydrogens is 324 g/mol. The van der Waals surface area contributed by atoms with E-state index in [1.165, 1.54) is 0 Å². The van der Waals surface area contributed by atoms with E-state index >= 15 is 0 Å². The van der Waals surface area contributed by atoms with Crippen LogP contribution in [0.15, 0.2) is 54.6 Å². The Labute approximate surface area is 141 Å². The van der Waals surface area contributed by atoms with E-state index < -0.39 is 10.2 Å². The number of likely N-dealkylation sites (tertiary alicyclic amines) is 1. The minimum atomic E-state index is -3.68. The van der Waals surface area contributed by atoms with Gasteiger partial charge in [0.1, 0.15) is 0 Å². The fourth-order valence-corrected chi connectivity index (χ4v) is 3.87. The molecular formula is C17H18N4O2S. The normalized spacial score (nSPS) is 17.5. The molecule has 1 aliphatic heterocycles. The van der Waals surface area contributed by atoms with Crippen LogP contribution in [0.25, 0.3) is 11.1 Å². The molecule has 0 aromatic heterocycles. The second kappa shape index (κ2) is 6.91. The van der Waals surface area contributed by atoms with E-state index in [0.29, 0.717) is 25.2 Å². The van der Waals surface area contributed by atoms with Gasteiger partial charge in [-0.05, 0) is 29.7 Å². The van der Waals surface area contributed by atoms with Gasteiger partial charge in [0.05, 0.1) is 5.69 Å². The van der Waals surface area contributed by atoms with Crippen molar-refractivity contribution in [1.29, 1.82) is 5.26 Å². The van der Waals surface area contributed by atoms with Gasteiger partial charge in [0, 0.05) is 19.1 Å². The van der Waals surface area contributed by atoms with Crippen LogP contribution in [0.2, 0.25) is 0 Å². The first-order valence-electron chi connectivity index (χ1n) is 7.66. The van der Waals surface area contributed by atoms with Crippen molar-refractivity contribution < 1.29 is 8.42 Å². The molecule has 2 N–H and O–H groups in total. The number of nitrogens with zero attached hydrogens (tertiary/aromatic N) is 2.